The Bertz CT molecular complexity index is 1260. The molecule has 3 aromatic heterocycles. The van der Waals surface area contributed by atoms with Crippen LogP contribution in [0.4, 0.5) is 19.1 Å². The fourth-order valence-electron chi connectivity index (χ4n) is 4.08. The smallest absolute Gasteiger partial charge is 0.360 e. The Kier molecular flexibility index (Phi) is 5.34. The molecule has 1 fully saturated rings. The zero-order chi connectivity index (χ0) is 22.3. The van der Waals surface area contributed by atoms with Crippen molar-refractivity contribution in [1.29, 1.82) is 0 Å². The Morgan fingerprint density at radius 2 is 2.09 bits per heavy atom. The molecule has 0 saturated carbocycles. The molecular weight excluding hydrogens is 437 g/mol. The second kappa shape index (κ2) is 8.18. The summed E-state index contributed by atoms with van der Waals surface area (Å²) in [6.45, 7) is 3.60. The average Bonchev–Trinajstić information content (AvgIpc) is 3.39. The molecule has 0 aliphatic carbocycles. The van der Waals surface area contributed by atoms with Crippen molar-refractivity contribution < 1.29 is 13.2 Å². The molecule has 0 radical (unpaired) electrons. The van der Waals surface area contributed by atoms with Gasteiger partial charge in [0.2, 0.25) is 5.95 Å². The van der Waals surface area contributed by atoms with Crippen LogP contribution in [0.2, 0.25) is 0 Å². The summed E-state index contributed by atoms with van der Waals surface area (Å²) >= 11 is 1.38. The van der Waals surface area contributed by atoms with Crippen molar-refractivity contribution in [2.75, 3.05) is 18.4 Å². The van der Waals surface area contributed by atoms with Crippen LogP contribution in [-0.4, -0.2) is 38.5 Å². The minimum Gasteiger partial charge on any atom is -0.360 e. The number of piperidine rings is 1. The van der Waals surface area contributed by atoms with Crippen molar-refractivity contribution in [3.63, 3.8) is 0 Å². The Hall–Kier alpha value is -2.98. The van der Waals surface area contributed by atoms with Crippen LogP contribution in [-0.2, 0) is 6.18 Å². The standard InChI is InChI=1S/C22H21F3N6S/c1-12-17(11-32-31-12)13-4-5-15-16(9-27-19(15)7-13)20-18(22(23,24)25)10-28-21(30-20)29-14-3-2-6-26-8-14/h4-5,7,9-11,14,26-27H,2-3,6,8H2,1H3,(H,28,29,30)/t14-/m0/s1. The fraction of sp³-hybridized carbons (Fsp3) is 0.318. The van der Waals surface area contributed by atoms with Crippen molar-refractivity contribution in [3.8, 4) is 22.4 Å². The van der Waals surface area contributed by atoms with Crippen LogP contribution in [0.25, 0.3) is 33.3 Å². The summed E-state index contributed by atoms with van der Waals surface area (Å²) in [5.41, 5.74) is 3.04. The van der Waals surface area contributed by atoms with Crippen LogP contribution in [0.5, 0.6) is 0 Å². The molecule has 1 aromatic carbocycles. The number of aromatic amines is 1. The zero-order valence-electron chi connectivity index (χ0n) is 17.3. The van der Waals surface area contributed by atoms with Crippen LogP contribution in [0, 0.1) is 6.92 Å². The van der Waals surface area contributed by atoms with Gasteiger partial charge in [0.15, 0.2) is 0 Å². The van der Waals surface area contributed by atoms with Crippen molar-refractivity contribution in [2.45, 2.75) is 32.0 Å². The van der Waals surface area contributed by atoms with E-state index in [1.807, 2.05) is 30.5 Å². The number of alkyl halides is 3. The van der Waals surface area contributed by atoms with E-state index in [1.54, 1.807) is 6.20 Å². The van der Waals surface area contributed by atoms with Crippen LogP contribution in [0.15, 0.2) is 36.0 Å². The third-order valence-corrected chi connectivity index (χ3v) is 6.44. The molecule has 1 aliphatic heterocycles. The van der Waals surface area contributed by atoms with Crippen molar-refractivity contribution in [3.05, 3.63) is 47.2 Å². The molecule has 4 heterocycles. The van der Waals surface area contributed by atoms with Crippen molar-refractivity contribution in [1.82, 2.24) is 24.6 Å². The molecule has 4 aromatic rings. The van der Waals surface area contributed by atoms with Gasteiger partial charge in [-0.2, -0.15) is 17.5 Å². The molecule has 3 N–H and O–H groups in total. The highest BCUT2D eigenvalue weighted by Crippen LogP contribution is 2.39. The summed E-state index contributed by atoms with van der Waals surface area (Å²) in [5.74, 6) is 0.202. The molecule has 0 bridgehead atoms. The lowest BCUT2D eigenvalue weighted by Crippen LogP contribution is -2.38. The number of fused-ring (bicyclic) bond motifs is 1. The molecule has 1 saturated heterocycles. The monoisotopic (exact) mass is 458 g/mol. The lowest BCUT2D eigenvalue weighted by molar-refractivity contribution is -0.137. The van der Waals surface area contributed by atoms with Gasteiger partial charge in [0, 0.05) is 52.4 Å². The molecule has 166 valence electrons. The summed E-state index contributed by atoms with van der Waals surface area (Å²) in [4.78, 5) is 11.4. The minimum absolute atomic E-state index is 0.0846. The summed E-state index contributed by atoms with van der Waals surface area (Å²) < 4.78 is 45.7. The predicted octanol–water partition coefficient (Wildman–Crippen LogP) is 5.24. The van der Waals surface area contributed by atoms with Gasteiger partial charge in [0.05, 0.1) is 11.4 Å². The number of benzene rings is 1. The molecule has 5 rings (SSSR count). The van der Waals surface area contributed by atoms with Crippen LogP contribution in [0.1, 0.15) is 24.1 Å². The largest absolute Gasteiger partial charge is 0.419 e. The maximum atomic E-state index is 13.8. The normalized spacial score (nSPS) is 17.1. The number of hydrogen-bond donors (Lipinski definition) is 3. The number of H-pyrrole nitrogens is 1. The molecule has 6 nitrogen and oxygen atoms in total. The molecule has 1 atom stereocenters. The quantitative estimate of drug-likeness (QED) is 0.390. The highest BCUT2D eigenvalue weighted by molar-refractivity contribution is 7.04. The van der Waals surface area contributed by atoms with Gasteiger partial charge in [-0.05, 0) is 49.5 Å². The molecule has 32 heavy (non-hydrogen) atoms. The minimum atomic E-state index is -4.57. The van der Waals surface area contributed by atoms with Crippen LogP contribution >= 0.6 is 11.5 Å². The maximum absolute atomic E-state index is 13.8. The Morgan fingerprint density at radius 1 is 1.22 bits per heavy atom. The third-order valence-electron chi connectivity index (χ3n) is 5.72. The van der Waals surface area contributed by atoms with Gasteiger partial charge >= 0.3 is 6.18 Å². The number of halogens is 3. The Labute approximate surface area is 186 Å². The SMILES string of the molecule is Cc1nscc1-c1ccc2c(-c3nc(N[C@H]4CCCNC4)ncc3C(F)(F)F)c[nH]c2c1. The fourth-order valence-corrected chi connectivity index (χ4v) is 4.80. The van der Waals surface area contributed by atoms with Gasteiger partial charge in [0.1, 0.15) is 5.56 Å². The lowest BCUT2D eigenvalue weighted by atomic mass is 10.0. The highest BCUT2D eigenvalue weighted by Gasteiger charge is 2.36. The lowest BCUT2D eigenvalue weighted by Gasteiger charge is -2.24. The third kappa shape index (κ3) is 3.95. The van der Waals surface area contributed by atoms with E-state index in [0.29, 0.717) is 10.9 Å². The van der Waals surface area contributed by atoms with Crippen molar-refractivity contribution >= 4 is 28.4 Å². The topological polar surface area (TPSA) is 78.5 Å². The Morgan fingerprint density at radius 3 is 2.81 bits per heavy atom. The number of hydrogen-bond acceptors (Lipinski definition) is 6. The number of nitrogens with one attached hydrogen (secondary N) is 3. The molecule has 0 spiro atoms. The first kappa shape index (κ1) is 20.9. The van der Waals surface area contributed by atoms with Gasteiger partial charge in [-0.1, -0.05) is 12.1 Å². The highest BCUT2D eigenvalue weighted by atomic mass is 32.1. The van der Waals surface area contributed by atoms with Gasteiger partial charge < -0.3 is 15.6 Å². The van der Waals surface area contributed by atoms with Gasteiger partial charge in [0.25, 0.3) is 0 Å². The van der Waals surface area contributed by atoms with E-state index in [9.17, 15) is 13.2 Å². The van der Waals surface area contributed by atoms with E-state index in [-0.39, 0.29) is 17.7 Å². The molecule has 10 heteroatoms. The predicted molar refractivity (Wildman–Crippen MR) is 120 cm³/mol. The van der Waals surface area contributed by atoms with E-state index in [4.69, 9.17) is 0 Å². The first-order chi connectivity index (χ1) is 15.4. The molecule has 0 unspecified atom stereocenters. The van der Waals surface area contributed by atoms with E-state index in [2.05, 4.69) is 30.0 Å². The zero-order valence-corrected chi connectivity index (χ0v) is 18.1. The molecule has 0 amide bonds. The van der Waals surface area contributed by atoms with Crippen LogP contribution < -0.4 is 10.6 Å². The first-order valence-electron chi connectivity index (χ1n) is 10.3. The van der Waals surface area contributed by atoms with E-state index >= 15 is 0 Å². The average molecular weight is 459 g/mol. The number of rotatable bonds is 4. The van der Waals surface area contributed by atoms with E-state index < -0.39 is 11.7 Å². The van der Waals surface area contributed by atoms with E-state index in [1.165, 1.54) is 11.5 Å². The summed E-state index contributed by atoms with van der Waals surface area (Å²) in [6.07, 6.45) is -0.205. The van der Waals surface area contributed by atoms with Gasteiger partial charge in [-0.3, -0.25) is 0 Å². The summed E-state index contributed by atoms with van der Waals surface area (Å²) in [6, 6.07) is 5.74. The number of aryl methyl sites for hydroxylation is 1. The second-order valence-corrected chi connectivity index (χ2v) is 8.55. The van der Waals surface area contributed by atoms with Crippen molar-refractivity contribution in [2.24, 2.45) is 0 Å². The number of aromatic nitrogens is 4. The number of nitrogens with zero attached hydrogens (tertiary/aromatic N) is 3. The van der Waals surface area contributed by atoms with Gasteiger partial charge in [-0.15, -0.1) is 0 Å². The Balaban J connectivity index is 1.57. The first-order valence-corrected chi connectivity index (χ1v) is 11.2. The summed E-state index contributed by atoms with van der Waals surface area (Å²) in [7, 11) is 0. The molecular formula is C22H21F3N6S. The maximum Gasteiger partial charge on any atom is 0.419 e. The van der Waals surface area contributed by atoms with E-state index in [0.717, 1.165) is 54.5 Å². The summed E-state index contributed by atoms with van der Waals surface area (Å²) in [5, 5.41) is 9.08. The number of anilines is 1. The second-order valence-electron chi connectivity index (χ2n) is 7.92. The van der Waals surface area contributed by atoms with Crippen LogP contribution in [0.3, 0.4) is 0 Å². The van der Waals surface area contributed by atoms with Gasteiger partial charge in [-0.25, -0.2) is 9.97 Å². The molecule has 1 aliphatic rings.